The second-order valence-electron chi connectivity index (χ2n) is 6.52. The molecule has 0 unspecified atom stereocenters. The molecule has 0 atom stereocenters. The number of carbonyl (C=O) groups excluding carboxylic acids is 1. The predicted molar refractivity (Wildman–Crippen MR) is 99.5 cm³/mol. The number of aromatic nitrogens is 4. The van der Waals surface area contributed by atoms with Gasteiger partial charge in [0.2, 0.25) is 5.95 Å². The van der Waals surface area contributed by atoms with E-state index in [9.17, 15) is 4.79 Å². The van der Waals surface area contributed by atoms with Crippen LogP contribution in [0.1, 0.15) is 28.7 Å². The molecule has 0 N–H and O–H groups in total. The van der Waals surface area contributed by atoms with Crippen LogP contribution >= 0.6 is 0 Å². The molecule has 0 spiro atoms. The van der Waals surface area contributed by atoms with Gasteiger partial charge in [0.25, 0.3) is 5.91 Å². The molecular weight excluding hydrogens is 328 g/mol. The molecule has 7 nitrogen and oxygen atoms in total. The molecule has 26 heavy (non-hydrogen) atoms. The fraction of sp³-hybridized carbons (Fsp3) is 0.368. The van der Waals surface area contributed by atoms with Gasteiger partial charge in [0, 0.05) is 44.8 Å². The van der Waals surface area contributed by atoms with E-state index >= 15 is 0 Å². The van der Waals surface area contributed by atoms with Gasteiger partial charge in [-0.05, 0) is 37.1 Å². The molecular formula is C19H22N6O. The summed E-state index contributed by atoms with van der Waals surface area (Å²) in [6.07, 6.45) is 6.17. The number of fused-ring (bicyclic) bond motifs is 1. The predicted octanol–water partition coefficient (Wildman–Crippen LogP) is 1.96. The summed E-state index contributed by atoms with van der Waals surface area (Å²) < 4.78 is 1.92. The van der Waals surface area contributed by atoms with Crippen LogP contribution in [0.3, 0.4) is 0 Å². The van der Waals surface area contributed by atoms with Crippen molar-refractivity contribution in [2.45, 2.75) is 20.3 Å². The van der Waals surface area contributed by atoms with E-state index in [0.717, 1.165) is 42.4 Å². The van der Waals surface area contributed by atoms with Crippen molar-refractivity contribution in [3.8, 4) is 0 Å². The average molecular weight is 350 g/mol. The number of anilines is 1. The van der Waals surface area contributed by atoms with E-state index in [1.807, 2.05) is 47.5 Å². The third-order valence-electron chi connectivity index (χ3n) is 4.79. The SMILES string of the molecule is CCc1nc2cc(C)ccn2c1C(=O)N1CCN(c2ncccn2)CC1. The van der Waals surface area contributed by atoms with E-state index in [2.05, 4.69) is 19.9 Å². The molecule has 134 valence electrons. The smallest absolute Gasteiger partial charge is 0.272 e. The summed E-state index contributed by atoms with van der Waals surface area (Å²) in [5.74, 6) is 0.769. The second kappa shape index (κ2) is 6.74. The Morgan fingerprint density at radius 3 is 2.58 bits per heavy atom. The Morgan fingerprint density at radius 1 is 1.15 bits per heavy atom. The molecule has 1 aliphatic heterocycles. The highest BCUT2D eigenvalue weighted by molar-refractivity contribution is 5.95. The number of piperazine rings is 1. The van der Waals surface area contributed by atoms with Crippen molar-refractivity contribution in [1.29, 1.82) is 0 Å². The zero-order chi connectivity index (χ0) is 18.1. The number of amides is 1. The van der Waals surface area contributed by atoms with Crippen molar-refractivity contribution in [2.75, 3.05) is 31.1 Å². The molecule has 0 aliphatic carbocycles. The van der Waals surface area contributed by atoms with Crippen LogP contribution in [-0.2, 0) is 6.42 Å². The van der Waals surface area contributed by atoms with Crippen LogP contribution in [0.15, 0.2) is 36.8 Å². The van der Waals surface area contributed by atoms with E-state index in [1.165, 1.54) is 0 Å². The normalized spacial score (nSPS) is 14.8. The maximum atomic E-state index is 13.2. The monoisotopic (exact) mass is 350 g/mol. The Kier molecular flexibility index (Phi) is 4.28. The maximum Gasteiger partial charge on any atom is 0.272 e. The first-order valence-corrected chi connectivity index (χ1v) is 8.96. The number of rotatable bonds is 3. The van der Waals surface area contributed by atoms with Crippen molar-refractivity contribution in [3.05, 3.63) is 53.7 Å². The minimum Gasteiger partial charge on any atom is -0.337 e. The van der Waals surface area contributed by atoms with Gasteiger partial charge in [-0.15, -0.1) is 0 Å². The second-order valence-corrected chi connectivity index (χ2v) is 6.52. The lowest BCUT2D eigenvalue weighted by Gasteiger charge is -2.34. The summed E-state index contributed by atoms with van der Waals surface area (Å²) in [5.41, 5.74) is 3.52. The van der Waals surface area contributed by atoms with Crippen molar-refractivity contribution in [2.24, 2.45) is 0 Å². The van der Waals surface area contributed by atoms with Crippen molar-refractivity contribution < 1.29 is 4.79 Å². The highest BCUT2D eigenvalue weighted by Crippen LogP contribution is 2.19. The Hall–Kier alpha value is -2.96. The summed E-state index contributed by atoms with van der Waals surface area (Å²) in [5, 5.41) is 0. The minimum atomic E-state index is 0.0480. The lowest BCUT2D eigenvalue weighted by atomic mass is 10.2. The maximum absolute atomic E-state index is 13.2. The zero-order valence-corrected chi connectivity index (χ0v) is 15.1. The molecule has 0 aromatic carbocycles. The fourth-order valence-electron chi connectivity index (χ4n) is 3.38. The zero-order valence-electron chi connectivity index (χ0n) is 15.1. The van der Waals surface area contributed by atoms with Crippen LogP contribution < -0.4 is 4.90 Å². The number of hydrogen-bond donors (Lipinski definition) is 0. The Morgan fingerprint density at radius 2 is 1.88 bits per heavy atom. The number of nitrogens with zero attached hydrogens (tertiary/aromatic N) is 6. The van der Waals surface area contributed by atoms with Crippen LogP contribution in [-0.4, -0.2) is 56.3 Å². The fourth-order valence-corrected chi connectivity index (χ4v) is 3.38. The van der Waals surface area contributed by atoms with Gasteiger partial charge in [0.15, 0.2) is 0 Å². The highest BCUT2D eigenvalue weighted by Gasteiger charge is 2.27. The number of aryl methyl sites for hydroxylation is 2. The number of carbonyl (C=O) groups is 1. The topological polar surface area (TPSA) is 66.6 Å². The summed E-state index contributed by atoms with van der Waals surface area (Å²) in [6, 6.07) is 5.83. The third-order valence-corrected chi connectivity index (χ3v) is 4.79. The van der Waals surface area contributed by atoms with Gasteiger partial charge >= 0.3 is 0 Å². The molecule has 1 saturated heterocycles. The summed E-state index contributed by atoms with van der Waals surface area (Å²) in [4.78, 5) is 30.5. The first-order chi connectivity index (χ1) is 12.7. The largest absolute Gasteiger partial charge is 0.337 e. The summed E-state index contributed by atoms with van der Waals surface area (Å²) in [7, 11) is 0. The van der Waals surface area contributed by atoms with Crippen molar-refractivity contribution >= 4 is 17.5 Å². The molecule has 1 aliphatic rings. The van der Waals surface area contributed by atoms with Crippen LogP contribution in [0.4, 0.5) is 5.95 Å². The Balaban J connectivity index is 1.56. The van der Waals surface area contributed by atoms with Crippen LogP contribution in [0.5, 0.6) is 0 Å². The lowest BCUT2D eigenvalue weighted by molar-refractivity contribution is 0.0738. The molecule has 0 saturated carbocycles. The van der Waals surface area contributed by atoms with Gasteiger partial charge in [-0.1, -0.05) is 6.92 Å². The molecule has 7 heteroatoms. The molecule has 0 bridgehead atoms. The van der Waals surface area contributed by atoms with Gasteiger partial charge in [-0.2, -0.15) is 0 Å². The van der Waals surface area contributed by atoms with E-state index < -0.39 is 0 Å². The number of pyridine rings is 1. The van der Waals surface area contributed by atoms with Gasteiger partial charge in [-0.3, -0.25) is 9.20 Å². The quantitative estimate of drug-likeness (QED) is 0.722. The minimum absolute atomic E-state index is 0.0480. The first kappa shape index (κ1) is 16.5. The Labute approximate surface area is 152 Å². The highest BCUT2D eigenvalue weighted by atomic mass is 16.2. The molecule has 1 amide bonds. The molecule has 3 aromatic heterocycles. The van der Waals surface area contributed by atoms with Gasteiger partial charge < -0.3 is 9.80 Å². The first-order valence-electron chi connectivity index (χ1n) is 8.96. The summed E-state index contributed by atoms with van der Waals surface area (Å²) >= 11 is 0. The van der Waals surface area contributed by atoms with Crippen molar-refractivity contribution in [1.82, 2.24) is 24.3 Å². The van der Waals surface area contributed by atoms with Gasteiger partial charge in [0.1, 0.15) is 11.3 Å². The lowest BCUT2D eigenvalue weighted by Crippen LogP contribution is -2.49. The number of hydrogen-bond acceptors (Lipinski definition) is 5. The molecule has 4 heterocycles. The molecule has 3 aromatic rings. The third kappa shape index (κ3) is 2.89. The van der Waals surface area contributed by atoms with E-state index in [1.54, 1.807) is 12.4 Å². The average Bonchev–Trinajstić information content (AvgIpc) is 3.05. The van der Waals surface area contributed by atoms with E-state index in [-0.39, 0.29) is 5.91 Å². The van der Waals surface area contributed by atoms with E-state index in [0.29, 0.717) is 18.8 Å². The van der Waals surface area contributed by atoms with Crippen LogP contribution in [0, 0.1) is 6.92 Å². The summed E-state index contributed by atoms with van der Waals surface area (Å²) in [6.45, 7) is 6.83. The number of imidazole rings is 1. The van der Waals surface area contributed by atoms with Gasteiger partial charge in [-0.25, -0.2) is 15.0 Å². The molecule has 0 radical (unpaired) electrons. The van der Waals surface area contributed by atoms with Crippen LogP contribution in [0.2, 0.25) is 0 Å². The molecule has 1 fully saturated rings. The molecule has 4 rings (SSSR count). The van der Waals surface area contributed by atoms with Gasteiger partial charge in [0.05, 0.1) is 5.69 Å². The van der Waals surface area contributed by atoms with Crippen LogP contribution in [0.25, 0.3) is 5.65 Å². The Bertz CT molecular complexity index is 928. The van der Waals surface area contributed by atoms with Crippen molar-refractivity contribution in [3.63, 3.8) is 0 Å². The standard InChI is InChI=1S/C19H22N6O/c1-3-15-17(25-8-5-14(2)13-16(25)22-15)18(26)23-9-11-24(12-10-23)19-20-6-4-7-21-19/h4-8,13H,3,9-12H2,1-2H3. The van der Waals surface area contributed by atoms with E-state index in [4.69, 9.17) is 0 Å².